The number of nitrogens with zero attached hydrogens (tertiary/aromatic N) is 2. The summed E-state index contributed by atoms with van der Waals surface area (Å²) in [6.07, 6.45) is 0. The molecule has 2 aromatic rings. The van der Waals surface area contributed by atoms with Gasteiger partial charge in [0.1, 0.15) is 11.6 Å². The van der Waals surface area contributed by atoms with Gasteiger partial charge in [-0.2, -0.15) is 0 Å². The van der Waals surface area contributed by atoms with Gasteiger partial charge in [-0.3, -0.25) is 25.0 Å². The molecule has 0 fully saturated rings. The summed E-state index contributed by atoms with van der Waals surface area (Å²) >= 11 is 0. The van der Waals surface area contributed by atoms with Crippen molar-refractivity contribution in [3.05, 3.63) is 79.4 Å². The maximum atomic E-state index is 12.9. The highest BCUT2D eigenvalue weighted by Crippen LogP contribution is 2.16. The number of nitrogens with two attached hydrogens (primary N) is 1. The smallest absolute Gasteiger partial charge is 0.338 e. The minimum atomic E-state index is -1.45. The van der Waals surface area contributed by atoms with E-state index in [0.717, 1.165) is 24.3 Å². The lowest BCUT2D eigenvalue weighted by molar-refractivity contribution is -0.385. The molecule has 0 radical (unpaired) electrons. The van der Waals surface area contributed by atoms with Crippen LogP contribution in [-0.4, -0.2) is 26.8 Å². The van der Waals surface area contributed by atoms with Crippen molar-refractivity contribution >= 4 is 23.3 Å². The number of hydrogen-bond donors (Lipinski definition) is 2. The number of carboxylic acids is 1. The Labute approximate surface area is 150 Å². The number of benzene rings is 2. The van der Waals surface area contributed by atoms with Crippen molar-refractivity contribution in [3.63, 3.8) is 0 Å². The van der Waals surface area contributed by atoms with Crippen molar-refractivity contribution in [2.24, 2.45) is 5.73 Å². The Morgan fingerprint density at radius 1 is 0.889 bits per heavy atom. The second kappa shape index (κ2) is 9.50. The molecule has 0 bridgehead atoms. The van der Waals surface area contributed by atoms with Gasteiger partial charge >= 0.3 is 5.97 Å². The van der Waals surface area contributed by atoms with Gasteiger partial charge in [0, 0.05) is 12.1 Å². The lowest BCUT2D eigenvalue weighted by Crippen LogP contribution is -2.13. The molecule has 0 atom stereocenters. The second-order valence-corrected chi connectivity index (χ2v) is 4.51. The Morgan fingerprint density at radius 3 is 1.52 bits per heavy atom. The molecule has 0 spiro atoms. The molecular weight excluding hydrogens is 372 g/mol. The standard InChI is InChI=1S/C7H5FN2O3.C7H4FNO4.CH4/c8-6-3-4(10(12)13)1-2-5(6)7(9)11;8-6-3-4(9(12)13)1-2-5(6)7(10)11;/h1-3H,(H2,9,11);1-3H,(H,10,11);1H4. The van der Waals surface area contributed by atoms with Crippen LogP contribution in [0, 0.1) is 31.9 Å². The van der Waals surface area contributed by atoms with Crippen LogP contribution in [0.4, 0.5) is 20.2 Å². The zero-order valence-electron chi connectivity index (χ0n) is 12.6. The normalized spacial score (nSPS) is 9.26. The first kappa shape index (κ1) is 23.0. The number of halogens is 2. The SMILES string of the molecule is C.NC(=O)c1ccc([N+](=O)[O-])cc1F.O=C(O)c1ccc([N+](=O)[O-])cc1F. The number of hydrogen-bond acceptors (Lipinski definition) is 6. The monoisotopic (exact) mass is 385 g/mol. The third-order valence-electron chi connectivity index (χ3n) is 2.82. The maximum absolute atomic E-state index is 12.9. The van der Waals surface area contributed by atoms with Gasteiger partial charge in [-0.25, -0.2) is 13.6 Å². The fourth-order valence-electron chi connectivity index (χ4n) is 1.61. The minimum absolute atomic E-state index is 0. The van der Waals surface area contributed by atoms with E-state index in [2.05, 4.69) is 0 Å². The lowest BCUT2D eigenvalue weighted by atomic mass is 10.2. The minimum Gasteiger partial charge on any atom is -0.478 e. The van der Waals surface area contributed by atoms with Gasteiger partial charge < -0.3 is 10.8 Å². The number of nitro groups is 2. The summed E-state index contributed by atoms with van der Waals surface area (Å²) < 4.78 is 25.6. The highest BCUT2D eigenvalue weighted by molar-refractivity contribution is 5.93. The van der Waals surface area contributed by atoms with Gasteiger partial charge in [0.25, 0.3) is 17.3 Å². The third kappa shape index (κ3) is 6.12. The van der Waals surface area contributed by atoms with Crippen molar-refractivity contribution < 1.29 is 33.3 Å². The molecule has 0 aliphatic carbocycles. The van der Waals surface area contributed by atoms with Crippen LogP contribution >= 0.6 is 0 Å². The second-order valence-electron chi connectivity index (χ2n) is 4.51. The number of rotatable bonds is 4. The van der Waals surface area contributed by atoms with E-state index in [9.17, 15) is 38.6 Å². The van der Waals surface area contributed by atoms with Crippen molar-refractivity contribution in [2.75, 3.05) is 0 Å². The first-order valence-electron chi connectivity index (χ1n) is 6.45. The molecular formula is C15H13F2N3O7. The van der Waals surface area contributed by atoms with Gasteiger partial charge in [0.15, 0.2) is 0 Å². The van der Waals surface area contributed by atoms with E-state index in [0.29, 0.717) is 12.1 Å². The van der Waals surface area contributed by atoms with Crippen LogP contribution in [0.2, 0.25) is 0 Å². The maximum Gasteiger partial charge on any atom is 0.338 e. The van der Waals surface area contributed by atoms with Crippen LogP contribution in [-0.2, 0) is 0 Å². The van der Waals surface area contributed by atoms with Gasteiger partial charge in [-0.05, 0) is 12.1 Å². The van der Waals surface area contributed by atoms with E-state index in [-0.39, 0.29) is 13.0 Å². The topological polar surface area (TPSA) is 167 Å². The summed E-state index contributed by atoms with van der Waals surface area (Å²) in [6.45, 7) is 0. The molecule has 144 valence electrons. The summed E-state index contributed by atoms with van der Waals surface area (Å²) in [7, 11) is 0. The molecule has 2 rings (SSSR count). The van der Waals surface area contributed by atoms with Crippen molar-refractivity contribution in [1.29, 1.82) is 0 Å². The Balaban J connectivity index is 0.000000483. The van der Waals surface area contributed by atoms with E-state index < -0.39 is 50.3 Å². The molecule has 0 saturated heterocycles. The average Bonchev–Trinajstić information content (AvgIpc) is 2.54. The number of carboxylic acid groups (broad SMARTS) is 1. The molecule has 0 aromatic heterocycles. The van der Waals surface area contributed by atoms with Gasteiger partial charge in [-0.1, -0.05) is 7.43 Å². The molecule has 0 aliphatic rings. The highest BCUT2D eigenvalue weighted by atomic mass is 19.1. The molecule has 10 nitrogen and oxygen atoms in total. The fraction of sp³-hybridized carbons (Fsp3) is 0.0667. The number of carbonyl (C=O) groups is 2. The number of aromatic carboxylic acids is 1. The van der Waals surface area contributed by atoms with Gasteiger partial charge in [0.2, 0.25) is 0 Å². The molecule has 1 amide bonds. The van der Waals surface area contributed by atoms with Crippen LogP contribution in [0.15, 0.2) is 36.4 Å². The summed E-state index contributed by atoms with van der Waals surface area (Å²) in [5, 5.41) is 28.7. The molecule has 3 N–H and O–H groups in total. The molecule has 12 heteroatoms. The predicted molar refractivity (Wildman–Crippen MR) is 88.3 cm³/mol. The number of nitro benzene ring substituents is 2. The van der Waals surface area contributed by atoms with Crippen molar-refractivity contribution in [3.8, 4) is 0 Å². The summed E-state index contributed by atoms with van der Waals surface area (Å²) in [5.41, 5.74) is 2.97. The fourth-order valence-corrected chi connectivity index (χ4v) is 1.61. The van der Waals surface area contributed by atoms with E-state index in [1.165, 1.54) is 0 Å². The Morgan fingerprint density at radius 2 is 1.26 bits per heavy atom. The molecule has 0 saturated carbocycles. The Kier molecular flexibility index (Phi) is 8.11. The number of carbonyl (C=O) groups excluding carboxylic acids is 1. The molecule has 27 heavy (non-hydrogen) atoms. The quantitative estimate of drug-likeness (QED) is 0.602. The van der Waals surface area contributed by atoms with Gasteiger partial charge in [-0.15, -0.1) is 0 Å². The lowest BCUT2D eigenvalue weighted by Gasteiger charge is -1.96. The molecule has 0 heterocycles. The largest absolute Gasteiger partial charge is 0.478 e. The van der Waals surface area contributed by atoms with Crippen molar-refractivity contribution in [1.82, 2.24) is 0 Å². The summed E-state index contributed by atoms with van der Waals surface area (Å²) in [6, 6.07) is 5.02. The third-order valence-corrected chi connectivity index (χ3v) is 2.82. The summed E-state index contributed by atoms with van der Waals surface area (Å²) in [5.74, 6) is -4.50. The van der Waals surface area contributed by atoms with Crippen LogP contribution in [0.1, 0.15) is 28.1 Å². The van der Waals surface area contributed by atoms with Crippen LogP contribution in [0.5, 0.6) is 0 Å². The van der Waals surface area contributed by atoms with Crippen molar-refractivity contribution in [2.45, 2.75) is 7.43 Å². The van der Waals surface area contributed by atoms with E-state index >= 15 is 0 Å². The number of amides is 1. The van der Waals surface area contributed by atoms with E-state index in [1.807, 2.05) is 0 Å². The number of primary amides is 1. The zero-order chi connectivity index (χ0) is 20.0. The number of non-ortho nitro benzene ring substituents is 2. The predicted octanol–water partition coefficient (Wildman–Crippen LogP) is 2.90. The highest BCUT2D eigenvalue weighted by Gasteiger charge is 2.15. The first-order chi connectivity index (χ1) is 12.0. The molecule has 0 unspecified atom stereocenters. The zero-order valence-corrected chi connectivity index (χ0v) is 12.6. The Bertz CT molecular complexity index is 829. The van der Waals surface area contributed by atoms with E-state index in [1.54, 1.807) is 0 Å². The Hall–Kier alpha value is -3.96. The molecule has 0 aliphatic heterocycles. The molecule has 2 aromatic carbocycles. The summed E-state index contributed by atoms with van der Waals surface area (Å²) in [4.78, 5) is 39.5. The first-order valence-corrected chi connectivity index (χ1v) is 6.45. The van der Waals surface area contributed by atoms with Crippen LogP contribution in [0.25, 0.3) is 0 Å². The van der Waals surface area contributed by atoms with Crippen LogP contribution < -0.4 is 5.73 Å². The van der Waals surface area contributed by atoms with Gasteiger partial charge in [0.05, 0.1) is 33.1 Å². The average molecular weight is 385 g/mol. The van der Waals surface area contributed by atoms with Crippen LogP contribution in [0.3, 0.4) is 0 Å². The van der Waals surface area contributed by atoms with E-state index in [4.69, 9.17) is 10.8 Å².